The van der Waals surface area contributed by atoms with Gasteiger partial charge >= 0.3 is 5.97 Å². The number of carboxylic acids is 1. The fourth-order valence-corrected chi connectivity index (χ4v) is 2.17. The van der Waals surface area contributed by atoms with Crippen molar-refractivity contribution in [1.29, 1.82) is 0 Å². The molecule has 0 aliphatic heterocycles. The molecule has 0 unspecified atom stereocenters. The van der Waals surface area contributed by atoms with Gasteiger partial charge in [0.2, 0.25) is 0 Å². The fraction of sp³-hybridized carbons (Fsp3) is 0.214. The zero-order valence-corrected chi connectivity index (χ0v) is 12.4. The van der Waals surface area contributed by atoms with E-state index < -0.39 is 5.97 Å². The second-order valence-electron chi connectivity index (χ2n) is 4.43. The summed E-state index contributed by atoms with van der Waals surface area (Å²) in [5, 5.41) is 8.72. The van der Waals surface area contributed by atoms with E-state index in [1.165, 1.54) is 6.20 Å². The summed E-state index contributed by atoms with van der Waals surface area (Å²) in [5.74, 6) is -0.228. The lowest BCUT2D eigenvalue weighted by Gasteiger charge is -2.09. The van der Waals surface area contributed by atoms with E-state index in [1.54, 1.807) is 23.6 Å². The number of aryl methyl sites for hydroxylation is 1. The van der Waals surface area contributed by atoms with Crippen LogP contribution in [0.5, 0.6) is 0 Å². The number of hydrogen-bond donors (Lipinski definition) is 1. The van der Waals surface area contributed by atoms with Crippen molar-refractivity contribution in [2.45, 2.75) is 19.9 Å². The van der Waals surface area contributed by atoms with Crippen molar-refractivity contribution in [3.63, 3.8) is 0 Å². The Bertz CT molecular complexity index is 693. The average Bonchev–Trinajstić information content (AvgIpc) is 2.40. The molecule has 0 aliphatic carbocycles. The van der Waals surface area contributed by atoms with Gasteiger partial charge in [-0.2, -0.15) is 0 Å². The van der Waals surface area contributed by atoms with Crippen molar-refractivity contribution in [3.05, 3.63) is 62.2 Å². The summed E-state index contributed by atoms with van der Waals surface area (Å²) in [5.41, 5.74) is 1.52. The zero-order chi connectivity index (χ0) is 14.7. The molecule has 0 bridgehead atoms. The minimum atomic E-state index is -0.860. The van der Waals surface area contributed by atoms with Crippen molar-refractivity contribution in [2.75, 3.05) is 0 Å². The molecule has 0 spiro atoms. The molecule has 6 heteroatoms. The number of hydrogen-bond acceptors (Lipinski definition) is 3. The third-order valence-corrected chi connectivity index (χ3v) is 3.47. The van der Waals surface area contributed by atoms with Crippen LogP contribution in [0.25, 0.3) is 0 Å². The quantitative estimate of drug-likeness (QED) is 0.926. The van der Waals surface area contributed by atoms with E-state index in [-0.39, 0.29) is 12.0 Å². The number of carbonyl (C=O) groups is 1. The van der Waals surface area contributed by atoms with Crippen LogP contribution in [0.1, 0.15) is 17.0 Å². The fourth-order valence-electron chi connectivity index (χ4n) is 1.86. The molecule has 1 N–H and O–H groups in total. The van der Waals surface area contributed by atoms with E-state index in [0.29, 0.717) is 16.8 Å². The molecule has 104 valence electrons. The van der Waals surface area contributed by atoms with Crippen LogP contribution in [0.2, 0.25) is 0 Å². The summed E-state index contributed by atoms with van der Waals surface area (Å²) in [6, 6.07) is 7.17. The van der Waals surface area contributed by atoms with Crippen molar-refractivity contribution >= 4 is 21.9 Å². The van der Waals surface area contributed by atoms with Crippen LogP contribution in [-0.2, 0) is 17.8 Å². The Morgan fingerprint density at radius 1 is 1.30 bits per heavy atom. The standard InChI is InChI=1S/C14H13BrN2O3/c1-9-16-7-12(15)14(20)17(9)8-11-4-2-10(3-5-11)6-13(18)19/h2-5,7H,6,8H2,1H3,(H,18,19). The lowest BCUT2D eigenvalue weighted by molar-refractivity contribution is -0.136. The predicted molar refractivity (Wildman–Crippen MR) is 77.8 cm³/mol. The average molecular weight is 337 g/mol. The topological polar surface area (TPSA) is 72.2 Å². The van der Waals surface area contributed by atoms with Gasteiger partial charge in [0.1, 0.15) is 10.3 Å². The number of aliphatic carboxylic acids is 1. The third-order valence-electron chi connectivity index (χ3n) is 2.92. The largest absolute Gasteiger partial charge is 0.481 e. The maximum atomic E-state index is 12.0. The Kier molecular flexibility index (Phi) is 4.34. The van der Waals surface area contributed by atoms with Gasteiger partial charge in [-0.05, 0) is 34.0 Å². The number of aromatic nitrogens is 2. The number of benzene rings is 1. The highest BCUT2D eigenvalue weighted by atomic mass is 79.9. The molecule has 1 heterocycles. The second kappa shape index (κ2) is 6.00. The lowest BCUT2D eigenvalue weighted by atomic mass is 10.1. The second-order valence-corrected chi connectivity index (χ2v) is 5.29. The van der Waals surface area contributed by atoms with E-state index in [9.17, 15) is 9.59 Å². The van der Waals surface area contributed by atoms with E-state index in [4.69, 9.17) is 5.11 Å². The van der Waals surface area contributed by atoms with Crippen LogP contribution in [0.15, 0.2) is 39.7 Å². The molecule has 0 radical (unpaired) electrons. The van der Waals surface area contributed by atoms with Crippen molar-refractivity contribution in [2.24, 2.45) is 0 Å². The van der Waals surface area contributed by atoms with Gasteiger partial charge in [-0.15, -0.1) is 0 Å². The minimum absolute atomic E-state index is 0.00228. The Hall–Kier alpha value is -1.95. The van der Waals surface area contributed by atoms with Gasteiger partial charge in [0, 0.05) is 6.20 Å². The molecule has 0 saturated heterocycles. The molecular weight excluding hydrogens is 324 g/mol. The van der Waals surface area contributed by atoms with E-state index in [0.717, 1.165) is 11.1 Å². The first kappa shape index (κ1) is 14.5. The summed E-state index contributed by atoms with van der Waals surface area (Å²) in [7, 11) is 0. The summed E-state index contributed by atoms with van der Waals surface area (Å²) in [6.07, 6.45) is 1.49. The van der Waals surface area contributed by atoms with Crippen molar-refractivity contribution in [1.82, 2.24) is 9.55 Å². The smallest absolute Gasteiger partial charge is 0.307 e. The molecule has 2 aromatic rings. The molecule has 2 rings (SSSR count). The highest BCUT2D eigenvalue weighted by Gasteiger charge is 2.06. The summed E-state index contributed by atoms with van der Waals surface area (Å²) < 4.78 is 1.99. The van der Waals surface area contributed by atoms with E-state index in [2.05, 4.69) is 20.9 Å². The zero-order valence-electron chi connectivity index (χ0n) is 10.8. The van der Waals surface area contributed by atoms with Crippen LogP contribution in [0.3, 0.4) is 0 Å². The highest BCUT2D eigenvalue weighted by Crippen LogP contribution is 2.08. The SMILES string of the molecule is Cc1ncc(Br)c(=O)n1Cc1ccc(CC(=O)O)cc1. The molecule has 1 aromatic carbocycles. The molecule has 0 fully saturated rings. The highest BCUT2D eigenvalue weighted by molar-refractivity contribution is 9.10. The van der Waals surface area contributed by atoms with Crippen molar-refractivity contribution < 1.29 is 9.90 Å². The van der Waals surface area contributed by atoms with Crippen molar-refractivity contribution in [3.8, 4) is 0 Å². The first-order chi connectivity index (χ1) is 9.47. The van der Waals surface area contributed by atoms with Crippen LogP contribution >= 0.6 is 15.9 Å². The number of carboxylic acid groups (broad SMARTS) is 1. The van der Waals surface area contributed by atoms with Crippen LogP contribution in [0.4, 0.5) is 0 Å². The van der Waals surface area contributed by atoms with E-state index >= 15 is 0 Å². The lowest BCUT2D eigenvalue weighted by Crippen LogP contribution is -2.24. The molecule has 0 amide bonds. The number of nitrogens with zero attached hydrogens (tertiary/aromatic N) is 2. The molecule has 0 atom stereocenters. The molecule has 0 saturated carbocycles. The van der Waals surface area contributed by atoms with Gasteiger partial charge in [0.25, 0.3) is 5.56 Å². The maximum Gasteiger partial charge on any atom is 0.307 e. The summed E-state index contributed by atoms with van der Waals surface area (Å²) in [4.78, 5) is 26.7. The van der Waals surface area contributed by atoms with Gasteiger partial charge in [-0.3, -0.25) is 14.2 Å². The normalized spacial score (nSPS) is 10.5. The van der Waals surface area contributed by atoms with Crippen LogP contribution < -0.4 is 5.56 Å². The van der Waals surface area contributed by atoms with Crippen LogP contribution in [-0.4, -0.2) is 20.6 Å². The Morgan fingerprint density at radius 2 is 1.90 bits per heavy atom. The van der Waals surface area contributed by atoms with Gasteiger partial charge in [-0.1, -0.05) is 24.3 Å². The third kappa shape index (κ3) is 3.33. The van der Waals surface area contributed by atoms with E-state index in [1.807, 2.05) is 12.1 Å². The maximum absolute atomic E-state index is 12.0. The molecule has 5 nitrogen and oxygen atoms in total. The molecular formula is C14H13BrN2O3. The molecule has 20 heavy (non-hydrogen) atoms. The Balaban J connectivity index is 2.25. The molecule has 1 aromatic heterocycles. The predicted octanol–water partition coefficient (Wildman–Crippen LogP) is 1.99. The van der Waals surface area contributed by atoms with Gasteiger partial charge in [-0.25, -0.2) is 4.98 Å². The van der Waals surface area contributed by atoms with Gasteiger partial charge in [0.05, 0.1) is 13.0 Å². The first-order valence-electron chi connectivity index (χ1n) is 5.99. The van der Waals surface area contributed by atoms with Crippen LogP contribution in [0, 0.1) is 6.92 Å². The first-order valence-corrected chi connectivity index (χ1v) is 6.78. The molecule has 0 aliphatic rings. The minimum Gasteiger partial charge on any atom is -0.481 e. The van der Waals surface area contributed by atoms with Gasteiger partial charge in [0.15, 0.2) is 0 Å². The Morgan fingerprint density at radius 3 is 2.50 bits per heavy atom. The summed E-state index contributed by atoms with van der Waals surface area (Å²) in [6.45, 7) is 2.18. The number of rotatable bonds is 4. The summed E-state index contributed by atoms with van der Waals surface area (Å²) >= 11 is 3.17. The monoisotopic (exact) mass is 336 g/mol. The Labute approximate surface area is 124 Å². The number of halogens is 1. The van der Waals surface area contributed by atoms with Gasteiger partial charge < -0.3 is 5.11 Å².